The quantitative estimate of drug-likeness (QED) is 0.843. The molecule has 3 rings (SSSR count). The zero-order chi connectivity index (χ0) is 15.6. The summed E-state index contributed by atoms with van der Waals surface area (Å²) < 4.78 is 25.2. The van der Waals surface area contributed by atoms with Gasteiger partial charge >= 0.3 is 0 Å². The van der Waals surface area contributed by atoms with E-state index in [1.165, 1.54) is 6.07 Å². The molecular formula is C17H22FNO3. The smallest absolute Gasteiger partial charge is 0.256 e. The second-order valence-corrected chi connectivity index (χ2v) is 6.15. The normalized spacial score (nSPS) is 24.5. The number of hydrogen-bond donors (Lipinski definition) is 0. The van der Waals surface area contributed by atoms with Gasteiger partial charge in [0.2, 0.25) is 0 Å². The largest absolute Gasteiger partial charge is 0.381 e. The molecule has 0 radical (unpaired) electrons. The van der Waals surface area contributed by atoms with Gasteiger partial charge in [-0.1, -0.05) is 12.1 Å². The first-order valence-corrected chi connectivity index (χ1v) is 7.84. The number of amides is 1. The van der Waals surface area contributed by atoms with Crippen molar-refractivity contribution in [3.05, 3.63) is 35.6 Å². The monoisotopic (exact) mass is 307 g/mol. The van der Waals surface area contributed by atoms with Crippen LogP contribution in [-0.2, 0) is 9.47 Å². The number of ether oxygens (including phenoxy) is 2. The Hall–Kier alpha value is -1.46. The van der Waals surface area contributed by atoms with Crippen LogP contribution in [0.2, 0.25) is 0 Å². The molecule has 0 aromatic heterocycles. The number of carbonyl (C=O) groups excluding carboxylic acids is 1. The highest BCUT2D eigenvalue weighted by molar-refractivity contribution is 5.94. The van der Waals surface area contributed by atoms with Crippen molar-refractivity contribution in [2.24, 2.45) is 0 Å². The van der Waals surface area contributed by atoms with Gasteiger partial charge in [-0.2, -0.15) is 0 Å². The molecule has 120 valence electrons. The molecule has 0 aliphatic carbocycles. The number of likely N-dealkylation sites (tertiary alicyclic amines) is 1. The maximum atomic E-state index is 13.8. The summed E-state index contributed by atoms with van der Waals surface area (Å²) in [5.74, 6) is -0.687. The number of methoxy groups -OCH3 is 1. The lowest BCUT2D eigenvalue weighted by molar-refractivity contribution is -0.146. The van der Waals surface area contributed by atoms with Crippen molar-refractivity contribution in [1.29, 1.82) is 0 Å². The van der Waals surface area contributed by atoms with Crippen LogP contribution < -0.4 is 0 Å². The van der Waals surface area contributed by atoms with E-state index >= 15 is 0 Å². The highest BCUT2D eigenvalue weighted by atomic mass is 19.1. The van der Waals surface area contributed by atoms with E-state index in [0.717, 1.165) is 25.7 Å². The van der Waals surface area contributed by atoms with Crippen LogP contribution in [0.15, 0.2) is 24.3 Å². The van der Waals surface area contributed by atoms with E-state index < -0.39 is 5.82 Å². The molecule has 5 heteroatoms. The van der Waals surface area contributed by atoms with Gasteiger partial charge in [-0.15, -0.1) is 0 Å². The molecule has 0 bridgehead atoms. The van der Waals surface area contributed by atoms with Crippen molar-refractivity contribution in [2.75, 3.05) is 26.8 Å². The topological polar surface area (TPSA) is 38.8 Å². The van der Waals surface area contributed by atoms with E-state index in [-0.39, 0.29) is 23.2 Å². The molecular weight excluding hydrogens is 285 g/mol. The van der Waals surface area contributed by atoms with Crippen molar-refractivity contribution >= 4 is 5.91 Å². The molecule has 2 aliphatic rings. The highest BCUT2D eigenvalue weighted by Gasteiger charge is 2.41. The minimum absolute atomic E-state index is 0.151. The molecule has 1 spiro atoms. The Morgan fingerprint density at radius 3 is 2.77 bits per heavy atom. The average molecular weight is 307 g/mol. The lowest BCUT2D eigenvalue weighted by Crippen LogP contribution is -2.52. The Balaban J connectivity index is 1.64. The summed E-state index contributed by atoms with van der Waals surface area (Å²) in [4.78, 5) is 14.2. The van der Waals surface area contributed by atoms with Gasteiger partial charge in [-0.25, -0.2) is 4.39 Å². The molecule has 1 aromatic carbocycles. The van der Waals surface area contributed by atoms with Crippen LogP contribution in [0, 0.1) is 5.82 Å². The summed E-state index contributed by atoms with van der Waals surface area (Å²) in [5, 5.41) is 0. The first kappa shape index (κ1) is 15.4. The van der Waals surface area contributed by atoms with Crippen LogP contribution in [0.3, 0.4) is 0 Å². The number of carbonyl (C=O) groups is 1. The number of benzene rings is 1. The fourth-order valence-corrected chi connectivity index (χ4v) is 3.45. The van der Waals surface area contributed by atoms with Gasteiger partial charge in [0.25, 0.3) is 5.91 Å². The van der Waals surface area contributed by atoms with Crippen LogP contribution in [-0.4, -0.2) is 49.3 Å². The molecule has 1 atom stereocenters. The average Bonchev–Trinajstić information content (AvgIpc) is 2.55. The summed E-state index contributed by atoms with van der Waals surface area (Å²) in [5.41, 5.74) is -0.0249. The van der Waals surface area contributed by atoms with E-state index in [2.05, 4.69) is 0 Å². The number of piperidine rings is 1. The molecule has 0 N–H and O–H groups in total. The Kier molecular flexibility index (Phi) is 4.45. The molecule has 0 saturated carbocycles. The molecule has 2 aliphatic heterocycles. The molecule has 2 saturated heterocycles. The van der Waals surface area contributed by atoms with Crippen LogP contribution >= 0.6 is 0 Å². The van der Waals surface area contributed by atoms with Crippen LogP contribution in [0.1, 0.15) is 36.0 Å². The lowest BCUT2D eigenvalue weighted by Gasteiger charge is -2.45. The van der Waals surface area contributed by atoms with E-state index in [4.69, 9.17) is 9.47 Å². The molecule has 2 fully saturated rings. The van der Waals surface area contributed by atoms with E-state index in [1.54, 1.807) is 30.2 Å². The summed E-state index contributed by atoms with van der Waals surface area (Å²) in [6, 6.07) is 6.15. The number of halogens is 1. The highest BCUT2D eigenvalue weighted by Crippen LogP contribution is 2.36. The van der Waals surface area contributed by atoms with Gasteiger partial charge in [-0.3, -0.25) is 4.79 Å². The molecule has 0 unspecified atom stereocenters. The minimum atomic E-state index is -0.457. The van der Waals surface area contributed by atoms with Crippen LogP contribution in [0.25, 0.3) is 0 Å². The third-order valence-corrected chi connectivity index (χ3v) is 4.85. The van der Waals surface area contributed by atoms with Gasteiger partial charge < -0.3 is 14.4 Å². The first-order valence-electron chi connectivity index (χ1n) is 7.84. The minimum Gasteiger partial charge on any atom is -0.381 e. The number of rotatable bonds is 2. The maximum absolute atomic E-state index is 13.8. The molecule has 22 heavy (non-hydrogen) atoms. The predicted octanol–water partition coefficient (Wildman–Crippen LogP) is 2.63. The van der Waals surface area contributed by atoms with Crippen molar-refractivity contribution in [2.45, 2.75) is 37.4 Å². The fraction of sp³-hybridized carbons (Fsp3) is 0.588. The Bertz CT molecular complexity index is 540. The van der Waals surface area contributed by atoms with Crippen molar-refractivity contribution in [3.8, 4) is 0 Å². The maximum Gasteiger partial charge on any atom is 0.256 e. The zero-order valence-electron chi connectivity index (χ0n) is 12.9. The SMILES string of the molecule is CO[C@H]1CCOC2(CCN(C(=O)c3ccccc3F)CC2)C1. The zero-order valence-corrected chi connectivity index (χ0v) is 12.9. The summed E-state index contributed by atoms with van der Waals surface area (Å²) in [7, 11) is 1.74. The van der Waals surface area contributed by atoms with E-state index in [1.807, 2.05) is 0 Å². The van der Waals surface area contributed by atoms with E-state index in [0.29, 0.717) is 19.7 Å². The first-order chi connectivity index (χ1) is 10.6. The van der Waals surface area contributed by atoms with E-state index in [9.17, 15) is 9.18 Å². The second kappa shape index (κ2) is 6.34. The van der Waals surface area contributed by atoms with Gasteiger partial charge in [-0.05, 0) is 31.4 Å². The molecule has 1 aromatic rings. The number of nitrogens with zero attached hydrogens (tertiary/aromatic N) is 1. The second-order valence-electron chi connectivity index (χ2n) is 6.15. The molecule has 2 heterocycles. The van der Waals surface area contributed by atoms with Crippen molar-refractivity contribution < 1.29 is 18.7 Å². The Morgan fingerprint density at radius 2 is 2.09 bits per heavy atom. The standard InChI is InChI=1S/C17H22FNO3/c1-21-13-6-11-22-17(12-13)7-9-19(10-8-17)16(20)14-4-2-3-5-15(14)18/h2-5,13H,6-12H2,1H3/t13-/m0/s1. The van der Waals surface area contributed by atoms with Gasteiger partial charge in [0.1, 0.15) is 5.82 Å². The summed E-state index contributed by atoms with van der Waals surface area (Å²) in [6.45, 7) is 1.91. The Morgan fingerprint density at radius 1 is 1.36 bits per heavy atom. The third-order valence-electron chi connectivity index (χ3n) is 4.85. The lowest BCUT2D eigenvalue weighted by atomic mass is 9.83. The summed E-state index contributed by atoms with van der Waals surface area (Å²) >= 11 is 0. The van der Waals surface area contributed by atoms with Gasteiger partial charge in [0.15, 0.2) is 0 Å². The third kappa shape index (κ3) is 3.01. The van der Waals surface area contributed by atoms with Gasteiger partial charge in [0.05, 0.1) is 17.3 Å². The number of hydrogen-bond acceptors (Lipinski definition) is 3. The summed E-state index contributed by atoms with van der Waals surface area (Å²) in [6.07, 6.45) is 3.61. The Labute approximate surface area is 130 Å². The molecule has 4 nitrogen and oxygen atoms in total. The fourth-order valence-electron chi connectivity index (χ4n) is 3.45. The van der Waals surface area contributed by atoms with Gasteiger partial charge in [0, 0.05) is 33.2 Å². The van der Waals surface area contributed by atoms with Crippen LogP contribution in [0.4, 0.5) is 4.39 Å². The van der Waals surface area contributed by atoms with Crippen molar-refractivity contribution in [1.82, 2.24) is 4.90 Å². The van der Waals surface area contributed by atoms with Crippen molar-refractivity contribution in [3.63, 3.8) is 0 Å². The van der Waals surface area contributed by atoms with Crippen LogP contribution in [0.5, 0.6) is 0 Å². The molecule has 1 amide bonds. The predicted molar refractivity (Wildman–Crippen MR) is 80.3 cm³/mol.